The van der Waals surface area contributed by atoms with Crippen LogP contribution < -0.4 is 5.32 Å². The summed E-state index contributed by atoms with van der Waals surface area (Å²) in [5, 5.41) is 12.9. The predicted molar refractivity (Wildman–Crippen MR) is 83.2 cm³/mol. The van der Waals surface area contributed by atoms with Gasteiger partial charge >= 0.3 is 0 Å². The number of hydrogen-bond donors (Lipinski definition) is 2. The van der Waals surface area contributed by atoms with Crippen LogP contribution in [-0.4, -0.2) is 29.0 Å². The molecule has 1 unspecified atom stereocenters. The quantitative estimate of drug-likeness (QED) is 0.747. The number of hydrogen-bond acceptors (Lipinski definition) is 3. The van der Waals surface area contributed by atoms with Gasteiger partial charge in [0, 0.05) is 20.9 Å². The lowest BCUT2D eigenvalue weighted by atomic mass is 9.99. The molecule has 0 saturated heterocycles. The molecule has 1 aromatic carbocycles. The van der Waals surface area contributed by atoms with Crippen LogP contribution in [0.4, 0.5) is 0 Å². The number of halogens is 1. The molecule has 2 N–H and O–H groups in total. The summed E-state index contributed by atoms with van der Waals surface area (Å²) >= 11 is 5.26. The maximum atomic E-state index is 9.49. The summed E-state index contributed by atoms with van der Waals surface area (Å²) < 4.78 is 1.11. The third-order valence-electron chi connectivity index (χ3n) is 2.72. The molecule has 0 heterocycles. The van der Waals surface area contributed by atoms with Gasteiger partial charge in [-0.15, -0.1) is 11.8 Å². The highest BCUT2D eigenvalue weighted by Crippen LogP contribution is 2.23. The van der Waals surface area contributed by atoms with Crippen LogP contribution >= 0.6 is 27.7 Å². The maximum Gasteiger partial charge on any atom is 0.0610 e. The fourth-order valence-electron chi connectivity index (χ4n) is 1.82. The molecule has 1 aromatic rings. The maximum absolute atomic E-state index is 9.49. The summed E-state index contributed by atoms with van der Waals surface area (Å²) in [6, 6.07) is 8.72. The Morgan fingerprint density at radius 1 is 1.33 bits per heavy atom. The van der Waals surface area contributed by atoms with Gasteiger partial charge in [0.2, 0.25) is 0 Å². The standard InChI is InChI=1S/C14H22BrNOS/c1-11(2)16-14(3,10-17)8-9-18-13-6-4-12(15)5-7-13/h4-7,11,16-17H,8-10H2,1-3H3. The number of aliphatic hydroxyl groups excluding tert-OH is 1. The molecule has 0 aliphatic carbocycles. The smallest absolute Gasteiger partial charge is 0.0610 e. The number of nitrogens with one attached hydrogen (secondary N) is 1. The van der Waals surface area contributed by atoms with Crippen LogP contribution in [0.25, 0.3) is 0 Å². The number of benzene rings is 1. The molecule has 0 bridgehead atoms. The first kappa shape index (κ1) is 16.0. The highest BCUT2D eigenvalue weighted by atomic mass is 79.9. The summed E-state index contributed by atoms with van der Waals surface area (Å²) in [6.45, 7) is 6.47. The number of thioether (sulfide) groups is 1. The van der Waals surface area contributed by atoms with Crippen molar-refractivity contribution in [2.75, 3.05) is 12.4 Å². The van der Waals surface area contributed by atoms with Crippen molar-refractivity contribution in [3.05, 3.63) is 28.7 Å². The molecule has 102 valence electrons. The summed E-state index contributed by atoms with van der Waals surface area (Å²) in [5.74, 6) is 0.998. The Morgan fingerprint density at radius 2 is 1.94 bits per heavy atom. The zero-order valence-electron chi connectivity index (χ0n) is 11.2. The van der Waals surface area contributed by atoms with E-state index in [0.29, 0.717) is 6.04 Å². The molecule has 2 nitrogen and oxygen atoms in total. The Labute approximate surface area is 123 Å². The van der Waals surface area contributed by atoms with Crippen molar-refractivity contribution in [1.29, 1.82) is 0 Å². The van der Waals surface area contributed by atoms with Crippen LogP contribution in [-0.2, 0) is 0 Å². The largest absolute Gasteiger partial charge is 0.394 e. The third-order valence-corrected chi connectivity index (χ3v) is 4.26. The fourth-order valence-corrected chi connectivity index (χ4v) is 3.20. The minimum Gasteiger partial charge on any atom is -0.394 e. The van der Waals surface area contributed by atoms with Crippen molar-refractivity contribution in [3.63, 3.8) is 0 Å². The van der Waals surface area contributed by atoms with Crippen molar-refractivity contribution < 1.29 is 5.11 Å². The van der Waals surface area contributed by atoms with E-state index in [1.54, 1.807) is 0 Å². The molecule has 0 aromatic heterocycles. The van der Waals surface area contributed by atoms with Crippen LogP contribution in [0.3, 0.4) is 0 Å². The zero-order chi connectivity index (χ0) is 13.6. The summed E-state index contributed by atoms with van der Waals surface area (Å²) in [5.41, 5.74) is -0.184. The molecule has 0 fully saturated rings. The first-order valence-corrected chi connectivity index (χ1v) is 8.00. The average Bonchev–Trinajstić information content (AvgIpc) is 2.31. The number of rotatable bonds is 7. The van der Waals surface area contributed by atoms with Crippen molar-refractivity contribution in [2.45, 2.75) is 43.7 Å². The Hall–Kier alpha value is -0.0300. The Morgan fingerprint density at radius 3 is 2.44 bits per heavy atom. The lowest BCUT2D eigenvalue weighted by Gasteiger charge is -2.31. The lowest BCUT2D eigenvalue weighted by Crippen LogP contribution is -2.49. The van der Waals surface area contributed by atoms with Gasteiger partial charge in [0.1, 0.15) is 0 Å². The minimum absolute atomic E-state index is 0.173. The second-order valence-electron chi connectivity index (χ2n) is 5.07. The van der Waals surface area contributed by atoms with E-state index in [1.807, 2.05) is 11.8 Å². The Bertz CT molecular complexity index is 355. The second kappa shape index (κ2) is 7.53. The van der Waals surface area contributed by atoms with E-state index in [-0.39, 0.29) is 12.1 Å². The molecule has 0 spiro atoms. The van der Waals surface area contributed by atoms with Crippen molar-refractivity contribution in [2.24, 2.45) is 0 Å². The van der Waals surface area contributed by atoms with Crippen molar-refractivity contribution in [1.82, 2.24) is 5.32 Å². The topological polar surface area (TPSA) is 32.3 Å². The van der Waals surface area contributed by atoms with Crippen molar-refractivity contribution >= 4 is 27.7 Å². The molecular weight excluding hydrogens is 310 g/mol. The van der Waals surface area contributed by atoms with E-state index in [1.165, 1.54) is 4.90 Å². The number of aliphatic hydroxyl groups is 1. The van der Waals surface area contributed by atoms with Gasteiger partial charge in [0.05, 0.1) is 6.61 Å². The SMILES string of the molecule is CC(C)NC(C)(CO)CCSc1ccc(Br)cc1. The van der Waals surface area contributed by atoms with Gasteiger partial charge in [-0.05, 0) is 43.4 Å². The summed E-state index contributed by atoms with van der Waals surface area (Å²) in [6.07, 6.45) is 0.947. The summed E-state index contributed by atoms with van der Waals surface area (Å²) in [7, 11) is 0. The summed E-state index contributed by atoms with van der Waals surface area (Å²) in [4.78, 5) is 1.27. The van der Waals surface area contributed by atoms with Crippen LogP contribution in [0.2, 0.25) is 0 Å². The first-order valence-electron chi connectivity index (χ1n) is 6.22. The minimum atomic E-state index is -0.184. The molecule has 0 radical (unpaired) electrons. The normalized spacial score (nSPS) is 14.8. The molecule has 4 heteroatoms. The molecule has 0 aliphatic heterocycles. The van der Waals surface area contributed by atoms with Gasteiger partial charge in [-0.2, -0.15) is 0 Å². The average molecular weight is 332 g/mol. The highest BCUT2D eigenvalue weighted by molar-refractivity contribution is 9.10. The Balaban J connectivity index is 2.41. The highest BCUT2D eigenvalue weighted by Gasteiger charge is 2.23. The van der Waals surface area contributed by atoms with Crippen LogP contribution in [0.1, 0.15) is 27.2 Å². The van der Waals surface area contributed by atoms with E-state index in [2.05, 4.69) is 66.3 Å². The molecule has 0 aliphatic rings. The van der Waals surface area contributed by atoms with Gasteiger partial charge in [-0.25, -0.2) is 0 Å². The fraction of sp³-hybridized carbons (Fsp3) is 0.571. The zero-order valence-corrected chi connectivity index (χ0v) is 13.6. The molecular formula is C14H22BrNOS. The van der Waals surface area contributed by atoms with Crippen LogP contribution in [0.15, 0.2) is 33.6 Å². The van der Waals surface area contributed by atoms with E-state index in [4.69, 9.17) is 0 Å². The van der Waals surface area contributed by atoms with E-state index in [0.717, 1.165) is 16.6 Å². The van der Waals surface area contributed by atoms with Crippen LogP contribution in [0.5, 0.6) is 0 Å². The molecule has 1 rings (SSSR count). The predicted octanol–water partition coefficient (Wildman–Crippen LogP) is 3.68. The van der Waals surface area contributed by atoms with Crippen LogP contribution in [0, 0.1) is 0 Å². The Kier molecular flexibility index (Phi) is 6.71. The molecule has 0 amide bonds. The molecule has 1 atom stereocenters. The first-order chi connectivity index (χ1) is 8.45. The lowest BCUT2D eigenvalue weighted by molar-refractivity contribution is 0.162. The van der Waals surface area contributed by atoms with Gasteiger partial charge in [-0.3, -0.25) is 0 Å². The third kappa shape index (κ3) is 5.74. The van der Waals surface area contributed by atoms with Crippen molar-refractivity contribution in [3.8, 4) is 0 Å². The van der Waals surface area contributed by atoms with E-state index in [9.17, 15) is 5.11 Å². The molecule has 18 heavy (non-hydrogen) atoms. The van der Waals surface area contributed by atoms with E-state index < -0.39 is 0 Å². The van der Waals surface area contributed by atoms with Gasteiger partial charge in [0.25, 0.3) is 0 Å². The second-order valence-corrected chi connectivity index (χ2v) is 7.15. The van der Waals surface area contributed by atoms with Gasteiger partial charge in [0.15, 0.2) is 0 Å². The van der Waals surface area contributed by atoms with E-state index >= 15 is 0 Å². The van der Waals surface area contributed by atoms with Gasteiger partial charge < -0.3 is 10.4 Å². The van der Waals surface area contributed by atoms with Gasteiger partial charge in [-0.1, -0.05) is 29.8 Å². The monoisotopic (exact) mass is 331 g/mol. The molecule has 0 saturated carbocycles.